The molecule has 0 aliphatic heterocycles. The molecule has 17 heavy (non-hydrogen) atoms. The van der Waals surface area contributed by atoms with Gasteiger partial charge in [0.15, 0.2) is 0 Å². The summed E-state index contributed by atoms with van der Waals surface area (Å²) in [5.74, 6) is 0.483. The Labute approximate surface area is 98.0 Å². The van der Waals surface area contributed by atoms with Gasteiger partial charge in [0.05, 0.1) is 11.1 Å². The fourth-order valence-electron chi connectivity index (χ4n) is 1.95. The van der Waals surface area contributed by atoms with Crippen molar-refractivity contribution in [1.82, 2.24) is 19.5 Å². The molecule has 3 aromatic heterocycles. The van der Waals surface area contributed by atoms with Gasteiger partial charge in [0.1, 0.15) is 17.8 Å². The van der Waals surface area contributed by atoms with E-state index < -0.39 is 0 Å². The zero-order chi connectivity index (χ0) is 11.8. The fourth-order valence-corrected chi connectivity index (χ4v) is 1.95. The highest BCUT2D eigenvalue weighted by molar-refractivity contribution is 5.99. The highest BCUT2D eigenvalue weighted by Crippen LogP contribution is 2.30. The van der Waals surface area contributed by atoms with Gasteiger partial charge in [0.25, 0.3) is 0 Å². The normalized spacial score (nSPS) is 10.9. The third kappa shape index (κ3) is 1.44. The Morgan fingerprint density at radius 2 is 2.06 bits per heavy atom. The predicted octanol–water partition coefficient (Wildman–Crippen LogP) is 1.61. The number of fused-ring (bicyclic) bond motifs is 1. The van der Waals surface area contributed by atoms with Gasteiger partial charge in [-0.15, -0.1) is 0 Å². The second-order valence-corrected chi connectivity index (χ2v) is 3.83. The Kier molecular flexibility index (Phi) is 2.04. The monoisotopic (exact) mass is 225 g/mol. The minimum Gasteiger partial charge on any atom is -0.383 e. The fraction of sp³-hybridized carbons (Fsp3) is 0.0833. The SMILES string of the molecule is Cn1cc(-c2ccccn2)c2c(N)ncnc21. The topological polar surface area (TPSA) is 69.6 Å². The van der Waals surface area contributed by atoms with Crippen LogP contribution in [0.4, 0.5) is 5.82 Å². The average Bonchev–Trinajstić information content (AvgIpc) is 2.70. The Balaban J connectivity index is 2.38. The van der Waals surface area contributed by atoms with Crippen LogP contribution in [0.3, 0.4) is 0 Å². The molecule has 0 saturated carbocycles. The lowest BCUT2D eigenvalue weighted by molar-refractivity contribution is 0.944. The van der Waals surface area contributed by atoms with Crippen molar-refractivity contribution < 1.29 is 0 Å². The van der Waals surface area contributed by atoms with Crippen molar-refractivity contribution in [2.45, 2.75) is 0 Å². The summed E-state index contributed by atoms with van der Waals surface area (Å²) in [6.07, 6.45) is 5.20. The van der Waals surface area contributed by atoms with Gasteiger partial charge >= 0.3 is 0 Å². The van der Waals surface area contributed by atoms with Crippen LogP contribution in [0.25, 0.3) is 22.3 Å². The molecule has 0 unspecified atom stereocenters. The van der Waals surface area contributed by atoms with Gasteiger partial charge in [-0.2, -0.15) is 0 Å². The molecule has 3 rings (SSSR count). The molecule has 0 amide bonds. The molecule has 0 aliphatic rings. The first kappa shape index (κ1) is 9.77. The van der Waals surface area contributed by atoms with E-state index in [2.05, 4.69) is 15.0 Å². The third-order valence-corrected chi connectivity index (χ3v) is 2.72. The molecule has 0 aliphatic carbocycles. The van der Waals surface area contributed by atoms with Crippen molar-refractivity contribution in [3.05, 3.63) is 36.9 Å². The number of hydrogen-bond acceptors (Lipinski definition) is 4. The van der Waals surface area contributed by atoms with Crippen molar-refractivity contribution in [2.24, 2.45) is 7.05 Å². The molecule has 0 spiro atoms. The molecule has 3 aromatic rings. The highest BCUT2D eigenvalue weighted by atomic mass is 15.0. The summed E-state index contributed by atoms with van der Waals surface area (Å²) in [5.41, 5.74) is 8.57. The summed E-state index contributed by atoms with van der Waals surface area (Å²) in [6.45, 7) is 0. The first-order valence-electron chi connectivity index (χ1n) is 5.24. The van der Waals surface area contributed by atoms with Crippen LogP contribution in [0.15, 0.2) is 36.9 Å². The number of nitrogens with two attached hydrogens (primary N) is 1. The van der Waals surface area contributed by atoms with E-state index in [0.29, 0.717) is 5.82 Å². The van der Waals surface area contributed by atoms with Crippen molar-refractivity contribution >= 4 is 16.9 Å². The highest BCUT2D eigenvalue weighted by Gasteiger charge is 2.13. The Bertz CT molecular complexity index is 672. The number of hydrogen-bond donors (Lipinski definition) is 1. The molecule has 2 N–H and O–H groups in total. The molecule has 5 nitrogen and oxygen atoms in total. The number of rotatable bonds is 1. The number of nitrogens with zero attached hydrogens (tertiary/aromatic N) is 4. The average molecular weight is 225 g/mol. The van der Waals surface area contributed by atoms with E-state index in [1.807, 2.05) is 36.0 Å². The lowest BCUT2D eigenvalue weighted by Crippen LogP contribution is -1.94. The molecule has 0 bridgehead atoms. The number of anilines is 1. The first-order valence-corrected chi connectivity index (χ1v) is 5.24. The van der Waals surface area contributed by atoms with Gasteiger partial charge in [-0.05, 0) is 12.1 Å². The standard InChI is InChI=1S/C12H11N5/c1-17-6-8(9-4-2-3-5-14-9)10-11(13)15-7-16-12(10)17/h2-7H,1H3,(H2,13,15,16). The van der Waals surface area contributed by atoms with Crippen LogP contribution in [0, 0.1) is 0 Å². The van der Waals surface area contributed by atoms with Crippen molar-refractivity contribution in [3.63, 3.8) is 0 Å². The van der Waals surface area contributed by atoms with E-state index in [0.717, 1.165) is 22.3 Å². The molecule has 0 saturated heterocycles. The Morgan fingerprint density at radius 1 is 1.18 bits per heavy atom. The third-order valence-electron chi connectivity index (χ3n) is 2.72. The number of nitrogen functional groups attached to an aromatic ring is 1. The first-order chi connectivity index (χ1) is 8.27. The van der Waals surface area contributed by atoms with Gasteiger partial charge in [-0.1, -0.05) is 6.07 Å². The smallest absolute Gasteiger partial charge is 0.145 e. The summed E-state index contributed by atoms with van der Waals surface area (Å²) in [7, 11) is 1.93. The van der Waals surface area contributed by atoms with Crippen molar-refractivity contribution in [3.8, 4) is 11.3 Å². The number of aromatic nitrogens is 4. The minimum atomic E-state index is 0.483. The maximum Gasteiger partial charge on any atom is 0.145 e. The maximum atomic E-state index is 5.92. The second-order valence-electron chi connectivity index (χ2n) is 3.83. The van der Waals surface area contributed by atoms with E-state index in [1.54, 1.807) is 6.20 Å². The van der Waals surface area contributed by atoms with Crippen molar-refractivity contribution in [2.75, 3.05) is 5.73 Å². The molecule has 0 aromatic carbocycles. The van der Waals surface area contributed by atoms with Gasteiger partial charge < -0.3 is 10.3 Å². The quantitative estimate of drug-likeness (QED) is 0.683. The number of pyridine rings is 1. The van der Waals surface area contributed by atoms with E-state index in [-0.39, 0.29) is 0 Å². The molecule has 3 heterocycles. The summed E-state index contributed by atoms with van der Waals surface area (Å²) < 4.78 is 1.93. The summed E-state index contributed by atoms with van der Waals surface area (Å²) in [5, 5.41) is 0.855. The van der Waals surface area contributed by atoms with Crippen LogP contribution in [-0.4, -0.2) is 19.5 Å². The zero-order valence-corrected chi connectivity index (χ0v) is 9.33. The molecular formula is C12H11N5. The summed E-state index contributed by atoms with van der Waals surface area (Å²) >= 11 is 0. The molecule has 0 atom stereocenters. The Morgan fingerprint density at radius 3 is 2.82 bits per heavy atom. The van der Waals surface area contributed by atoms with E-state index in [4.69, 9.17) is 5.73 Å². The van der Waals surface area contributed by atoms with Crippen LogP contribution >= 0.6 is 0 Å². The molecule has 0 radical (unpaired) electrons. The van der Waals surface area contributed by atoms with E-state index in [1.165, 1.54) is 6.33 Å². The molecule has 84 valence electrons. The minimum absolute atomic E-state index is 0.483. The molecule has 0 fully saturated rings. The maximum absolute atomic E-state index is 5.92. The van der Waals surface area contributed by atoms with Crippen LogP contribution < -0.4 is 5.73 Å². The van der Waals surface area contributed by atoms with Crippen LogP contribution in [0.1, 0.15) is 0 Å². The second kappa shape index (κ2) is 3.55. The Hall–Kier alpha value is -2.43. The number of aryl methyl sites for hydroxylation is 1. The van der Waals surface area contributed by atoms with Crippen LogP contribution in [0.2, 0.25) is 0 Å². The van der Waals surface area contributed by atoms with Gasteiger partial charge in [0, 0.05) is 25.0 Å². The molecule has 5 heteroatoms. The predicted molar refractivity (Wildman–Crippen MR) is 66.2 cm³/mol. The van der Waals surface area contributed by atoms with Crippen LogP contribution in [0.5, 0.6) is 0 Å². The summed E-state index contributed by atoms with van der Waals surface area (Å²) in [4.78, 5) is 12.6. The zero-order valence-electron chi connectivity index (χ0n) is 9.33. The largest absolute Gasteiger partial charge is 0.383 e. The van der Waals surface area contributed by atoms with Gasteiger partial charge in [0.2, 0.25) is 0 Å². The van der Waals surface area contributed by atoms with Gasteiger partial charge in [-0.3, -0.25) is 4.98 Å². The van der Waals surface area contributed by atoms with Gasteiger partial charge in [-0.25, -0.2) is 9.97 Å². The van der Waals surface area contributed by atoms with Crippen LogP contribution in [-0.2, 0) is 7.05 Å². The lowest BCUT2D eigenvalue weighted by Gasteiger charge is -1.99. The van der Waals surface area contributed by atoms with E-state index in [9.17, 15) is 0 Å². The lowest BCUT2D eigenvalue weighted by atomic mass is 10.1. The van der Waals surface area contributed by atoms with E-state index >= 15 is 0 Å². The summed E-state index contributed by atoms with van der Waals surface area (Å²) in [6, 6.07) is 5.77. The molecular weight excluding hydrogens is 214 g/mol. The van der Waals surface area contributed by atoms with Crippen molar-refractivity contribution in [1.29, 1.82) is 0 Å².